The number of carbonyl (C=O) groups is 1. The molecule has 1 aliphatic rings. The lowest BCUT2D eigenvalue weighted by atomic mass is 10.1. The van der Waals surface area contributed by atoms with E-state index in [1.54, 1.807) is 12.3 Å². The van der Waals surface area contributed by atoms with E-state index in [9.17, 15) is 4.79 Å². The fraction of sp³-hybridized carbons (Fsp3) is 0.600. The van der Waals surface area contributed by atoms with Crippen LogP contribution in [0.2, 0.25) is 0 Å². The minimum atomic E-state index is 0.0377. The highest BCUT2D eigenvalue weighted by atomic mass is 16.2. The van der Waals surface area contributed by atoms with Crippen molar-refractivity contribution in [3.8, 4) is 0 Å². The van der Waals surface area contributed by atoms with Gasteiger partial charge in [-0.05, 0) is 38.1 Å². The second kappa shape index (κ2) is 6.81. The molecule has 110 valence electrons. The van der Waals surface area contributed by atoms with Gasteiger partial charge >= 0.3 is 0 Å². The average molecular weight is 276 g/mol. The van der Waals surface area contributed by atoms with E-state index in [0.29, 0.717) is 12.2 Å². The first-order chi connectivity index (χ1) is 9.65. The van der Waals surface area contributed by atoms with Gasteiger partial charge in [-0.15, -0.1) is 0 Å². The summed E-state index contributed by atoms with van der Waals surface area (Å²) < 4.78 is 0. The van der Waals surface area contributed by atoms with E-state index in [2.05, 4.69) is 23.9 Å². The van der Waals surface area contributed by atoms with Gasteiger partial charge in [-0.1, -0.05) is 13.0 Å². The molecule has 5 nitrogen and oxygen atoms in total. The maximum Gasteiger partial charge on any atom is 0.272 e. The Morgan fingerprint density at radius 3 is 2.85 bits per heavy atom. The Morgan fingerprint density at radius 1 is 1.45 bits per heavy atom. The molecule has 1 aromatic heterocycles. The molecule has 0 spiro atoms. The summed E-state index contributed by atoms with van der Waals surface area (Å²) >= 11 is 0. The van der Waals surface area contributed by atoms with E-state index in [1.807, 2.05) is 11.0 Å². The van der Waals surface area contributed by atoms with Crippen LogP contribution in [-0.2, 0) is 6.54 Å². The number of likely N-dealkylation sites (N-methyl/N-ethyl adjacent to an activating group) is 1. The molecular weight excluding hydrogens is 252 g/mol. The van der Waals surface area contributed by atoms with Crippen LogP contribution in [0, 0.1) is 0 Å². The third-order valence-corrected chi connectivity index (χ3v) is 3.91. The van der Waals surface area contributed by atoms with Crippen LogP contribution in [0.25, 0.3) is 0 Å². The Morgan fingerprint density at radius 2 is 2.25 bits per heavy atom. The van der Waals surface area contributed by atoms with Crippen LogP contribution in [-0.4, -0.2) is 53.4 Å². The van der Waals surface area contributed by atoms with Crippen molar-refractivity contribution in [1.82, 2.24) is 14.8 Å². The summed E-state index contributed by atoms with van der Waals surface area (Å²) in [5, 5.41) is 0. The molecule has 20 heavy (non-hydrogen) atoms. The SMILES string of the molecule is CCC1CN(C)CCCN1C(=O)c1ccc(CN)cn1. The molecule has 0 aliphatic carbocycles. The fourth-order valence-corrected chi connectivity index (χ4v) is 2.68. The van der Waals surface area contributed by atoms with Crippen LogP contribution >= 0.6 is 0 Å². The number of nitrogens with two attached hydrogens (primary N) is 1. The van der Waals surface area contributed by atoms with Crippen molar-refractivity contribution in [3.05, 3.63) is 29.6 Å². The fourth-order valence-electron chi connectivity index (χ4n) is 2.68. The quantitative estimate of drug-likeness (QED) is 0.898. The topological polar surface area (TPSA) is 62.5 Å². The summed E-state index contributed by atoms with van der Waals surface area (Å²) in [5.74, 6) is 0.0377. The number of pyridine rings is 1. The molecule has 0 bridgehead atoms. The Hall–Kier alpha value is -1.46. The number of nitrogens with zero attached hydrogens (tertiary/aromatic N) is 3. The van der Waals surface area contributed by atoms with Crippen molar-refractivity contribution in [1.29, 1.82) is 0 Å². The van der Waals surface area contributed by atoms with Crippen molar-refractivity contribution in [2.24, 2.45) is 5.73 Å². The van der Waals surface area contributed by atoms with E-state index >= 15 is 0 Å². The van der Waals surface area contributed by atoms with Gasteiger partial charge < -0.3 is 15.5 Å². The molecule has 1 amide bonds. The van der Waals surface area contributed by atoms with Crippen LogP contribution in [0.4, 0.5) is 0 Å². The second-order valence-corrected chi connectivity index (χ2v) is 5.43. The summed E-state index contributed by atoms with van der Waals surface area (Å²) in [4.78, 5) is 21.2. The number of hydrogen-bond donors (Lipinski definition) is 1. The zero-order valence-electron chi connectivity index (χ0n) is 12.4. The standard InChI is InChI=1S/C15H24N4O/c1-3-13-11-18(2)7-4-8-19(13)15(20)14-6-5-12(9-16)10-17-14/h5-6,10,13H,3-4,7-9,11,16H2,1-2H3. The van der Waals surface area contributed by atoms with Crippen molar-refractivity contribution in [3.63, 3.8) is 0 Å². The second-order valence-electron chi connectivity index (χ2n) is 5.43. The molecule has 1 aromatic rings. The number of carbonyl (C=O) groups excluding carboxylic acids is 1. The molecule has 5 heteroatoms. The highest BCUT2D eigenvalue weighted by Crippen LogP contribution is 2.15. The molecule has 2 N–H and O–H groups in total. The summed E-state index contributed by atoms with van der Waals surface area (Å²) in [5.41, 5.74) is 7.02. The van der Waals surface area contributed by atoms with Gasteiger partial charge in [0, 0.05) is 31.9 Å². The molecular formula is C15H24N4O. The van der Waals surface area contributed by atoms with Crippen LogP contribution in [0.1, 0.15) is 35.8 Å². The third kappa shape index (κ3) is 3.35. The highest BCUT2D eigenvalue weighted by molar-refractivity contribution is 5.92. The van der Waals surface area contributed by atoms with Gasteiger partial charge in [0.1, 0.15) is 5.69 Å². The van der Waals surface area contributed by atoms with Gasteiger partial charge in [-0.2, -0.15) is 0 Å². The lowest BCUT2D eigenvalue weighted by Crippen LogP contribution is -2.43. The van der Waals surface area contributed by atoms with Gasteiger partial charge in [0.25, 0.3) is 5.91 Å². The van der Waals surface area contributed by atoms with E-state index in [1.165, 1.54) is 0 Å². The van der Waals surface area contributed by atoms with Crippen LogP contribution < -0.4 is 5.73 Å². The number of amides is 1. The number of aromatic nitrogens is 1. The molecule has 0 saturated carbocycles. The maximum absolute atomic E-state index is 12.6. The Balaban J connectivity index is 2.16. The maximum atomic E-state index is 12.6. The molecule has 2 heterocycles. The predicted molar refractivity (Wildman–Crippen MR) is 79.4 cm³/mol. The molecule has 1 fully saturated rings. The van der Waals surface area contributed by atoms with Gasteiger partial charge in [-0.3, -0.25) is 9.78 Å². The molecule has 0 radical (unpaired) electrons. The molecule has 1 atom stereocenters. The van der Waals surface area contributed by atoms with Crippen molar-refractivity contribution < 1.29 is 4.79 Å². The first kappa shape index (κ1) is 14.9. The first-order valence-electron chi connectivity index (χ1n) is 7.30. The number of rotatable bonds is 3. The van der Waals surface area contributed by atoms with E-state index < -0.39 is 0 Å². The largest absolute Gasteiger partial charge is 0.333 e. The van der Waals surface area contributed by atoms with E-state index in [0.717, 1.165) is 38.0 Å². The van der Waals surface area contributed by atoms with Gasteiger partial charge in [0.05, 0.1) is 0 Å². The predicted octanol–water partition coefficient (Wildman–Crippen LogP) is 1.10. The summed E-state index contributed by atoms with van der Waals surface area (Å²) in [6, 6.07) is 3.93. The smallest absolute Gasteiger partial charge is 0.272 e. The third-order valence-electron chi connectivity index (χ3n) is 3.91. The Labute approximate surface area is 120 Å². The van der Waals surface area contributed by atoms with Crippen molar-refractivity contribution in [2.45, 2.75) is 32.4 Å². The van der Waals surface area contributed by atoms with Crippen molar-refractivity contribution in [2.75, 3.05) is 26.7 Å². The van der Waals surface area contributed by atoms with E-state index in [-0.39, 0.29) is 11.9 Å². The Bertz CT molecular complexity index is 446. The summed E-state index contributed by atoms with van der Waals surface area (Å²) in [6.45, 7) is 5.37. The summed E-state index contributed by atoms with van der Waals surface area (Å²) in [7, 11) is 2.12. The lowest BCUT2D eigenvalue weighted by Gasteiger charge is -2.30. The average Bonchev–Trinajstić information content (AvgIpc) is 2.67. The minimum Gasteiger partial charge on any atom is -0.333 e. The molecule has 1 aliphatic heterocycles. The Kier molecular flexibility index (Phi) is 5.09. The molecule has 1 saturated heterocycles. The van der Waals surface area contributed by atoms with Crippen LogP contribution in [0.5, 0.6) is 0 Å². The van der Waals surface area contributed by atoms with E-state index in [4.69, 9.17) is 5.73 Å². The highest BCUT2D eigenvalue weighted by Gasteiger charge is 2.27. The monoisotopic (exact) mass is 276 g/mol. The first-order valence-corrected chi connectivity index (χ1v) is 7.30. The van der Waals surface area contributed by atoms with Gasteiger partial charge in [0.15, 0.2) is 0 Å². The number of hydrogen-bond acceptors (Lipinski definition) is 4. The zero-order valence-corrected chi connectivity index (χ0v) is 12.4. The molecule has 1 unspecified atom stereocenters. The summed E-state index contributed by atoms with van der Waals surface area (Å²) in [6.07, 6.45) is 3.68. The normalized spacial score (nSPS) is 20.8. The van der Waals surface area contributed by atoms with Crippen LogP contribution in [0.15, 0.2) is 18.3 Å². The minimum absolute atomic E-state index is 0.0377. The van der Waals surface area contributed by atoms with Gasteiger partial charge in [-0.25, -0.2) is 0 Å². The molecule has 2 rings (SSSR count). The van der Waals surface area contributed by atoms with Crippen molar-refractivity contribution >= 4 is 5.91 Å². The van der Waals surface area contributed by atoms with Gasteiger partial charge in [0.2, 0.25) is 0 Å². The molecule has 0 aromatic carbocycles. The zero-order chi connectivity index (χ0) is 14.5. The van der Waals surface area contributed by atoms with Crippen LogP contribution in [0.3, 0.4) is 0 Å². The lowest BCUT2D eigenvalue weighted by molar-refractivity contribution is 0.0669.